The molecule has 1 saturated heterocycles. The average molecular weight is 562 g/mol. The van der Waals surface area contributed by atoms with Crippen LogP contribution in [0.25, 0.3) is 5.76 Å². The number of hydrogen-bond acceptors (Lipinski definition) is 8. The Hall–Kier alpha value is -4.02. The molecule has 1 fully saturated rings. The van der Waals surface area contributed by atoms with Crippen molar-refractivity contribution in [3.63, 3.8) is 0 Å². The van der Waals surface area contributed by atoms with Crippen molar-refractivity contribution in [3.05, 3.63) is 107 Å². The number of ketones is 1. The molecule has 39 heavy (non-hydrogen) atoms. The van der Waals surface area contributed by atoms with E-state index in [2.05, 4.69) is 10.2 Å². The number of benzene rings is 3. The van der Waals surface area contributed by atoms with Gasteiger partial charge in [0.25, 0.3) is 5.78 Å². The van der Waals surface area contributed by atoms with Gasteiger partial charge < -0.3 is 9.84 Å². The van der Waals surface area contributed by atoms with Gasteiger partial charge in [0.15, 0.2) is 4.34 Å². The topological polar surface area (TPSA) is 92.6 Å². The first-order valence-electron chi connectivity index (χ1n) is 12.3. The molecule has 1 atom stereocenters. The van der Waals surface area contributed by atoms with Gasteiger partial charge >= 0.3 is 5.91 Å². The van der Waals surface area contributed by atoms with Gasteiger partial charge in [-0.15, -0.1) is 10.2 Å². The Balaban J connectivity index is 1.53. The van der Waals surface area contributed by atoms with Gasteiger partial charge in [0, 0.05) is 11.3 Å². The monoisotopic (exact) mass is 561 g/mol. The lowest BCUT2D eigenvalue weighted by Crippen LogP contribution is -2.29. The maximum Gasteiger partial charge on any atom is 0.301 e. The number of aromatic nitrogens is 2. The summed E-state index contributed by atoms with van der Waals surface area (Å²) in [5.41, 5.74) is 1.89. The van der Waals surface area contributed by atoms with Crippen LogP contribution in [-0.2, 0) is 15.3 Å². The van der Waals surface area contributed by atoms with Gasteiger partial charge in [-0.3, -0.25) is 14.5 Å². The van der Waals surface area contributed by atoms with E-state index in [0.29, 0.717) is 33.6 Å². The standard InChI is InChI=1S/C29H24FN3O4S2/c1-2-15-37-22-10-6-9-20(16-22)24-23(25(34)19-7-4-3-5-8-19)26(35)27(36)33(24)28-31-32-29(39-28)38-17-18-11-13-21(30)14-12-18/h3-14,16,24,34H,2,15,17H2,1H3/b25-23+. The summed E-state index contributed by atoms with van der Waals surface area (Å²) in [7, 11) is 0. The first-order chi connectivity index (χ1) is 19.0. The molecule has 1 aromatic heterocycles. The van der Waals surface area contributed by atoms with Crippen LogP contribution in [0.3, 0.4) is 0 Å². The van der Waals surface area contributed by atoms with E-state index in [0.717, 1.165) is 12.0 Å². The Bertz CT molecular complexity index is 1520. The first kappa shape index (κ1) is 26.6. The summed E-state index contributed by atoms with van der Waals surface area (Å²) in [6.45, 7) is 2.51. The van der Waals surface area contributed by atoms with E-state index in [1.807, 2.05) is 6.92 Å². The highest BCUT2D eigenvalue weighted by Gasteiger charge is 2.48. The third kappa shape index (κ3) is 5.71. The number of carbonyl (C=O) groups excluding carboxylic acids is 2. The first-order valence-corrected chi connectivity index (χ1v) is 14.1. The number of halogens is 1. The number of rotatable bonds is 9. The maximum atomic E-state index is 13.4. The van der Waals surface area contributed by atoms with Crippen LogP contribution in [0.5, 0.6) is 5.75 Å². The molecule has 0 bridgehead atoms. The van der Waals surface area contributed by atoms with E-state index >= 15 is 0 Å². The third-order valence-corrected chi connectivity index (χ3v) is 8.14. The number of nitrogens with zero attached hydrogens (tertiary/aromatic N) is 3. The largest absolute Gasteiger partial charge is 0.507 e. The summed E-state index contributed by atoms with van der Waals surface area (Å²) in [5.74, 6) is -1.07. The molecule has 0 aliphatic carbocycles. The zero-order valence-corrected chi connectivity index (χ0v) is 22.5. The van der Waals surface area contributed by atoms with Gasteiger partial charge in [-0.25, -0.2) is 4.39 Å². The van der Waals surface area contributed by atoms with Crippen LogP contribution in [0.4, 0.5) is 9.52 Å². The zero-order valence-electron chi connectivity index (χ0n) is 20.9. The average Bonchev–Trinajstić information content (AvgIpc) is 3.53. The fraction of sp³-hybridized carbons (Fsp3) is 0.172. The molecular weight excluding hydrogens is 537 g/mol. The molecule has 1 aliphatic heterocycles. The van der Waals surface area contributed by atoms with Gasteiger partial charge in [0.1, 0.15) is 17.3 Å². The number of thioether (sulfide) groups is 1. The molecule has 1 aliphatic rings. The van der Waals surface area contributed by atoms with E-state index in [4.69, 9.17) is 4.74 Å². The lowest BCUT2D eigenvalue weighted by atomic mass is 9.95. The maximum absolute atomic E-state index is 13.4. The molecule has 3 aromatic carbocycles. The van der Waals surface area contributed by atoms with Crippen molar-refractivity contribution >= 4 is 45.7 Å². The number of aliphatic hydroxyl groups is 1. The van der Waals surface area contributed by atoms with Crippen LogP contribution in [0.2, 0.25) is 0 Å². The van der Waals surface area contributed by atoms with E-state index in [-0.39, 0.29) is 22.3 Å². The minimum Gasteiger partial charge on any atom is -0.507 e. The van der Waals surface area contributed by atoms with Crippen molar-refractivity contribution in [2.24, 2.45) is 0 Å². The van der Waals surface area contributed by atoms with E-state index in [1.54, 1.807) is 66.7 Å². The summed E-state index contributed by atoms with van der Waals surface area (Å²) in [6, 6.07) is 21.0. The Morgan fingerprint density at radius 3 is 2.56 bits per heavy atom. The number of anilines is 1. The highest BCUT2D eigenvalue weighted by atomic mass is 32.2. The molecule has 0 radical (unpaired) electrons. The number of carbonyl (C=O) groups is 2. The fourth-order valence-corrected chi connectivity index (χ4v) is 6.00. The second-order valence-corrected chi connectivity index (χ2v) is 10.9. The normalized spacial score (nSPS) is 16.6. The molecule has 1 unspecified atom stereocenters. The quantitative estimate of drug-likeness (QED) is 0.0833. The molecule has 7 nitrogen and oxygen atoms in total. The van der Waals surface area contributed by atoms with Crippen LogP contribution in [0.15, 0.2) is 88.8 Å². The smallest absolute Gasteiger partial charge is 0.301 e. The second kappa shape index (κ2) is 11.8. The van der Waals surface area contributed by atoms with Crippen molar-refractivity contribution in [1.29, 1.82) is 0 Å². The molecule has 1 amide bonds. The highest BCUT2D eigenvalue weighted by molar-refractivity contribution is 8.00. The van der Waals surface area contributed by atoms with Crippen LogP contribution in [0.1, 0.15) is 36.1 Å². The molecule has 198 valence electrons. The predicted molar refractivity (Wildman–Crippen MR) is 149 cm³/mol. The number of hydrogen-bond donors (Lipinski definition) is 1. The molecule has 0 saturated carbocycles. The van der Waals surface area contributed by atoms with Gasteiger partial charge in [-0.05, 0) is 41.8 Å². The minimum absolute atomic E-state index is 0.0328. The van der Waals surface area contributed by atoms with Crippen molar-refractivity contribution in [2.75, 3.05) is 11.5 Å². The van der Waals surface area contributed by atoms with Gasteiger partial charge in [-0.2, -0.15) is 0 Å². The number of aliphatic hydroxyl groups excluding tert-OH is 1. The lowest BCUT2D eigenvalue weighted by Gasteiger charge is -2.23. The lowest BCUT2D eigenvalue weighted by molar-refractivity contribution is -0.132. The summed E-state index contributed by atoms with van der Waals surface area (Å²) >= 11 is 2.56. The number of Topliss-reactive ketones (excluding diaryl/α,β-unsaturated/α-hetero) is 1. The third-order valence-electron chi connectivity index (χ3n) is 6.02. The summed E-state index contributed by atoms with van der Waals surface area (Å²) in [4.78, 5) is 28.1. The van der Waals surface area contributed by atoms with Crippen molar-refractivity contribution in [3.8, 4) is 5.75 Å². The van der Waals surface area contributed by atoms with Crippen LogP contribution in [-0.4, -0.2) is 33.6 Å². The molecule has 1 N–H and O–H groups in total. The van der Waals surface area contributed by atoms with Crippen molar-refractivity contribution < 1.29 is 23.8 Å². The molecule has 2 heterocycles. The van der Waals surface area contributed by atoms with Gasteiger partial charge in [-0.1, -0.05) is 84.6 Å². The minimum atomic E-state index is -0.932. The predicted octanol–water partition coefficient (Wildman–Crippen LogP) is 6.38. The fourth-order valence-electron chi connectivity index (χ4n) is 4.17. The Morgan fingerprint density at radius 2 is 1.82 bits per heavy atom. The number of amides is 1. The highest BCUT2D eigenvalue weighted by Crippen LogP contribution is 2.44. The van der Waals surface area contributed by atoms with Gasteiger partial charge in [0.05, 0.1) is 18.2 Å². The summed E-state index contributed by atoms with van der Waals surface area (Å²) in [6.07, 6.45) is 0.819. The number of ether oxygens (including phenoxy) is 1. The molecule has 5 rings (SSSR count). The summed E-state index contributed by atoms with van der Waals surface area (Å²) in [5, 5.41) is 19.9. The van der Waals surface area contributed by atoms with E-state index in [1.165, 1.54) is 40.1 Å². The second-order valence-electron chi connectivity index (χ2n) is 8.72. The van der Waals surface area contributed by atoms with Gasteiger partial charge in [0.2, 0.25) is 5.13 Å². The Labute approximate surface area is 233 Å². The van der Waals surface area contributed by atoms with Crippen LogP contribution < -0.4 is 9.64 Å². The zero-order chi connectivity index (χ0) is 27.4. The van der Waals surface area contributed by atoms with E-state index in [9.17, 15) is 19.1 Å². The molecule has 10 heteroatoms. The van der Waals surface area contributed by atoms with Crippen molar-refractivity contribution in [1.82, 2.24) is 10.2 Å². The van der Waals surface area contributed by atoms with Crippen LogP contribution in [0, 0.1) is 5.82 Å². The van der Waals surface area contributed by atoms with Crippen LogP contribution >= 0.6 is 23.1 Å². The van der Waals surface area contributed by atoms with E-state index < -0.39 is 17.7 Å². The Morgan fingerprint density at radius 1 is 1.05 bits per heavy atom. The molecular formula is C29H24FN3O4S2. The Kier molecular flexibility index (Phi) is 8.04. The summed E-state index contributed by atoms with van der Waals surface area (Å²) < 4.78 is 19.6. The molecule has 4 aromatic rings. The SMILES string of the molecule is CCCOc1cccc(C2/C(=C(\O)c3ccccc3)C(=O)C(=O)N2c2nnc(SCc3ccc(F)cc3)s2)c1. The van der Waals surface area contributed by atoms with Crippen molar-refractivity contribution in [2.45, 2.75) is 29.5 Å². The molecule has 0 spiro atoms.